The molecule has 0 radical (unpaired) electrons. The number of carbonyl (C=O) groups is 1. The fraction of sp³-hybridized carbons (Fsp3) is 0.636. The molecule has 3 rings (SSSR count). The first-order chi connectivity index (χ1) is 8.34. The Morgan fingerprint density at radius 3 is 2.94 bits per heavy atom. The summed E-state index contributed by atoms with van der Waals surface area (Å²) in [7, 11) is 0. The highest BCUT2D eigenvalue weighted by atomic mass is 16.2. The lowest BCUT2D eigenvalue weighted by Crippen LogP contribution is -2.44. The largest absolute Gasteiger partial charge is 0.316 e. The highest BCUT2D eigenvalue weighted by Crippen LogP contribution is 2.19. The van der Waals surface area contributed by atoms with Crippen LogP contribution < -0.4 is 16.0 Å². The van der Waals surface area contributed by atoms with Crippen molar-refractivity contribution in [2.24, 2.45) is 5.92 Å². The van der Waals surface area contributed by atoms with Crippen molar-refractivity contribution in [2.45, 2.75) is 12.5 Å². The smallest absolute Gasteiger partial charge is 0.229 e. The molecule has 3 heterocycles. The summed E-state index contributed by atoms with van der Waals surface area (Å²) >= 11 is 0. The van der Waals surface area contributed by atoms with Crippen molar-refractivity contribution in [3.05, 3.63) is 12.3 Å². The van der Waals surface area contributed by atoms with E-state index in [4.69, 9.17) is 0 Å². The fourth-order valence-corrected chi connectivity index (χ4v) is 2.26. The predicted octanol–water partition coefficient (Wildman–Crippen LogP) is -0.425. The molecule has 1 amide bonds. The Hall–Kier alpha value is -1.40. The van der Waals surface area contributed by atoms with Gasteiger partial charge in [-0.2, -0.15) is 5.10 Å². The standard InChI is InChI=1S/C11H17N5O/c17-11(8-1-3-12-5-8)15-10-2-4-14-16(10)9-6-13-7-9/h2,4,8-9,12-13H,1,3,5-7H2,(H,15,17)/t8-/m1/s1. The molecular weight excluding hydrogens is 218 g/mol. The van der Waals surface area contributed by atoms with Gasteiger partial charge in [-0.05, 0) is 13.0 Å². The number of anilines is 1. The molecule has 2 saturated heterocycles. The van der Waals surface area contributed by atoms with Gasteiger partial charge in [0.2, 0.25) is 5.91 Å². The van der Waals surface area contributed by atoms with Crippen LogP contribution in [0.2, 0.25) is 0 Å². The zero-order valence-corrected chi connectivity index (χ0v) is 9.65. The van der Waals surface area contributed by atoms with Gasteiger partial charge in [0.1, 0.15) is 5.82 Å². The molecule has 0 bridgehead atoms. The molecule has 1 aromatic rings. The number of nitrogens with zero attached hydrogens (tertiary/aromatic N) is 2. The first kappa shape index (κ1) is 10.7. The Labute approximate surface area is 99.8 Å². The van der Waals surface area contributed by atoms with E-state index in [9.17, 15) is 4.79 Å². The van der Waals surface area contributed by atoms with Gasteiger partial charge in [0, 0.05) is 25.7 Å². The van der Waals surface area contributed by atoms with Crippen LogP contribution in [0.1, 0.15) is 12.5 Å². The van der Waals surface area contributed by atoms with E-state index < -0.39 is 0 Å². The van der Waals surface area contributed by atoms with Gasteiger partial charge in [-0.3, -0.25) is 4.79 Å². The highest BCUT2D eigenvalue weighted by Gasteiger charge is 2.25. The van der Waals surface area contributed by atoms with E-state index in [1.165, 1.54) is 0 Å². The minimum atomic E-state index is 0.0952. The molecular formula is C11H17N5O. The average molecular weight is 235 g/mol. The molecule has 0 aliphatic carbocycles. The van der Waals surface area contributed by atoms with E-state index in [2.05, 4.69) is 21.0 Å². The number of amides is 1. The average Bonchev–Trinajstić information content (AvgIpc) is 2.86. The lowest BCUT2D eigenvalue weighted by atomic mass is 10.1. The highest BCUT2D eigenvalue weighted by molar-refractivity contribution is 5.92. The second-order valence-electron chi connectivity index (χ2n) is 4.65. The van der Waals surface area contributed by atoms with Crippen LogP contribution >= 0.6 is 0 Å². The topological polar surface area (TPSA) is 71.0 Å². The van der Waals surface area contributed by atoms with Gasteiger partial charge in [0.15, 0.2) is 0 Å². The molecule has 2 fully saturated rings. The molecule has 2 aliphatic rings. The van der Waals surface area contributed by atoms with Crippen molar-refractivity contribution in [3.63, 3.8) is 0 Å². The molecule has 0 aromatic carbocycles. The number of nitrogens with one attached hydrogen (secondary N) is 3. The van der Waals surface area contributed by atoms with Gasteiger partial charge in [0.05, 0.1) is 18.2 Å². The van der Waals surface area contributed by atoms with Crippen LogP contribution in [0.4, 0.5) is 5.82 Å². The molecule has 1 atom stereocenters. The first-order valence-electron chi connectivity index (χ1n) is 6.10. The molecule has 0 spiro atoms. The van der Waals surface area contributed by atoms with Crippen LogP contribution in [-0.2, 0) is 4.79 Å². The molecule has 6 heteroatoms. The van der Waals surface area contributed by atoms with E-state index >= 15 is 0 Å². The zero-order chi connectivity index (χ0) is 11.7. The fourth-order valence-electron chi connectivity index (χ4n) is 2.26. The summed E-state index contributed by atoms with van der Waals surface area (Å²) in [5.74, 6) is 1.01. The van der Waals surface area contributed by atoms with Crippen LogP contribution in [0.25, 0.3) is 0 Å². The van der Waals surface area contributed by atoms with Crippen LogP contribution in [0.3, 0.4) is 0 Å². The third-order valence-corrected chi connectivity index (χ3v) is 3.46. The molecule has 1 aromatic heterocycles. The monoisotopic (exact) mass is 235 g/mol. The maximum Gasteiger partial charge on any atom is 0.229 e. The Morgan fingerprint density at radius 2 is 2.29 bits per heavy atom. The lowest BCUT2D eigenvalue weighted by Gasteiger charge is -2.28. The van der Waals surface area contributed by atoms with Gasteiger partial charge < -0.3 is 16.0 Å². The summed E-state index contributed by atoms with van der Waals surface area (Å²) < 4.78 is 1.90. The number of carbonyl (C=O) groups excluding carboxylic acids is 1. The van der Waals surface area contributed by atoms with Crippen molar-refractivity contribution in [3.8, 4) is 0 Å². The van der Waals surface area contributed by atoms with Gasteiger partial charge in [-0.15, -0.1) is 0 Å². The third kappa shape index (κ3) is 2.05. The first-order valence-corrected chi connectivity index (χ1v) is 6.10. The van der Waals surface area contributed by atoms with Gasteiger partial charge in [0.25, 0.3) is 0 Å². The third-order valence-electron chi connectivity index (χ3n) is 3.46. The van der Waals surface area contributed by atoms with Crippen LogP contribution in [0.5, 0.6) is 0 Å². The van der Waals surface area contributed by atoms with Crippen molar-refractivity contribution in [2.75, 3.05) is 31.5 Å². The summed E-state index contributed by atoms with van der Waals surface area (Å²) in [6.45, 7) is 3.57. The quantitative estimate of drug-likeness (QED) is 0.665. The maximum absolute atomic E-state index is 12.0. The molecule has 2 aliphatic heterocycles. The summed E-state index contributed by atoms with van der Waals surface area (Å²) in [6, 6.07) is 2.24. The van der Waals surface area contributed by atoms with Crippen LogP contribution in [0, 0.1) is 5.92 Å². The Morgan fingerprint density at radius 1 is 1.41 bits per heavy atom. The van der Waals surface area contributed by atoms with Gasteiger partial charge in [-0.25, -0.2) is 4.68 Å². The van der Waals surface area contributed by atoms with E-state index in [1.54, 1.807) is 6.20 Å². The molecule has 17 heavy (non-hydrogen) atoms. The van der Waals surface area contributed by atoms with E-state index in [0.29, 0.717) is 6.04 Å². The van der Waals surface area contributed by atoms with E-state index in [1.807, 2.05) is 10.7 Å². The molecule has 0 unspecified atom stereocenters. The van der Waals surface area contributed by atoms with Crippen LogP contribution in [0.15, 0.2) is 12.3 Å². The van der Waals surface area contributed by atoms with Crippen molar-refractivity contribution >= 4 is 11.7 Å². The predicted molar refractivity (Wildman–Crippen MR) is 63.7 cm³/mol. The van der Waals surface area contributed by atoms with E-state index in [-0.39, 0.29) is 11.8 Å². The normalized spacial score (nSPS) is 24.6. The number of hydrogen-bond donors (Lipinski definition) is 3. The number of aromatic nitrogens is 2. The zero-order valence-electron chi connectivity index (χ0n) is 9.65. The molecule has 0 saturated carbocycles. The Balaban J connectivity index is 1.67. The second-order valence-corrected chi connectivity index (χ2v) is 4.65. The number of hydrogen-bond acceptors (Lipinski definition) is 4. The summed E-state index contributed by atoms with van der Waals surface area (Å²) in [4.78, 5) is 12.0. The molecule has 3 N–H and O–H groups in total. The van der Waals surface area contributed by atoms with Crippen molar-refractivity contribution in [1.29, 1.82) is 0 Å². The minimum absolute atomic E-state index is 0.0952. The Kier molecular flexibility index (Phi) is 2.82. The lowest BCUT2D eigenvalue weighted by molar-refractivity contribution is -0.119. The number of rotatable bonds is 3. The molecule has 92 valence electrons. The van der Waals surface area contributed by atoms with E-state index in [0.717, 1.165) is 38.4 Å². The minimum Gasteiger partial charge on any atom is -0.316 e. The van der Waals surface area contributed by atoms with Crippen LogP contribution in [-0.4, -0.2) is 41.9 Å². The summed E-state index contributed by atoms with van der Waals surface area (Å²) in [5, 5.41) is 13.6. The van der Waals surface area contributed by atoms with Gasteiger partial charge >= 0.3 is 0 Å². The van der Waals surface area contributed by atoms with Gasteiger partial charge in [-0.1, -0.05) is 0 Å². The van der Waals surface area contributed by atoms with Crippen molar-refractivity contribution < 1.29 is 4.79 Å². The second kappa shape index (κ2) is 4.46. The summed E-state index contributed by atoms with van der Waals surface area (Å²) in [5.41, 5.74) is 0. The summed E-state index contributed by atoms with van der Waals surface area (Å²) in [6.07, 6.45) is 2.66. The van der Waals surface area contributed by atoms with Crippen molar-refractivity contribution in [1.82, 2.24) is 20.4 Å². The SMILES string of the molecule is O=C(Nc1ccnn1C1CNC1)[C@@H]1CCNC1. The maximum atomic E-state index is 12.0. The Bertz CT molecular complexity index is 406. The molecule has 6 nitrogen and oxygen atoms in total.